The summed E-state index contributed by atoms with van der Waals surface area (Å²) in [7, 11) is 0. The molecule has 0 radical (unpaired) electrons. The van der Waals surface area contributed by atoms with Crippen molar-refractivity contribution in [3.8, 4) is 5.75 Å². The zero-order valence-corrected chi connectivity index (χ0v) is 12.1. The number of alkyl halides is 1. The largest absolute Gasteiger partial charge is 0.487 e. The van der Waals surface area contributed by atoms with Crippen molar-refractivity contribution in [2.24, 2.45) is 0 Å². The fourth-order valence-corrected chi connectivity index (χ4v) is 2.12. The topological polar surface area (TPSA) is 9.23 Å². The second-order valence-corrected chi connectivity index (χ2v) is 5.03. The smallest absolute Gasteiger partial charge is 0.138 e. The molecule has 0 spiro atoms. The van der Waals surface area contributed by atoms with Gasteiger partial charge in [-0.1, -0.05) is 35.3 Å². The van der Waals surface area contributed by atoms with E-state index in [1.54, 1.807) is 24.3 Å². The van der Waals surface area contributed by atoms with Gasteiger partial charge in [0.25, 0.3) is 0 Å². The van der Waals surface area contributed by atoms with Gasteiger partial charge in [-0.05, 0) is 29.8 Å². The van der Waals surface area contributed by atoms with Crippen LogP contribution in [0.4, 0.5) is 4.39 Å². The second kappa shape index (κ2) is 6.47. The molecule has 100 valence electrons. The highest BCUT2D eigenvalue weighted by molar-refractivity contribution is 6.32. The van der Waals surface area contributed by atoms with Crippen LogP contribution in [0.2, 0.25) is 10.0 Å². The van der Waals surface area contributed by atoms with Crippen molar-refractivity contribution in [2.75, 3.05) is 0 Å². The van der Waals surface area contributed by atoms with E-state index in [1.165, 1.54) is 6.07 Å². The first kappa shape index (κ1) is 14.4. The Kier molecular flexibility index (Phi) is 4.92. The number of rotatable bonds is 4. The average Bonchev–Trinajstić information content (AvgIpc) is 2.39. The van der Waals surface area contributed by atoms with Crippen molar-refractivity contribution in [3.63, 3.8) is 0 Å². The van der Waals surface area contributed by atoms with Gasteiger partial charge in [-0.2, -0.15) is 0 Å². The Morgan fingerprint density at radius 2 is 1.84 bits per heavy atom. The van der Waals surface area contributed by atoms with E-state index < -0.39 is 5.82 Å². The van der Waals surface area contributed by atoms with Gasteiger partial charge in [-0.15, -0.1) is 11.6 Å². The van der Waals surface area contributed by atoms with E-state index >= 15 is 0 Å². The van der Waals surface area contributed by atoms with Crippen LogP contribution in [0.3, 0.4) is 0 Å². The van der Waals surface area contributed by atoms with Crippen molar-refractivity contribution in [2.45, 2.75) is 12.5 Å². The molecule has 5 heteroatoms. The van der Waals surface area contributed by atoms with E-state index in [9.17, 15) is 4.39 Å². The summed E-state index contributed by atoms with van der Waals surface area (Å²) in [6, 6.07) is 9.70. The maximum atomic E-state index is 13.6. The van der Waals surface area contributed by atoms with Crippen LogP contribution in [0, 0.1) is 5.82 Å². The molecule has 1 nitrogen and oxygen atoms in total. The highest BCUT2D eigenvalue weighted by Gasteiger charge is 2.07. The lowest BCUT2D eigenvalue weighted by atomic mass is 10.2. The molecular formula is C14H10Cl3FO. The minimum Gasteiger partial charge on any atom is -0.487 e. The lowest BCUT2D eigenvalue weighted by Gasteiger charge is -2.09. The van der Waals surface area contributed by atoms with Gasteiger partial charge in [0.1, 0.15) is 18.2 Å². The van der Waals surface area contributed by atoms with Crippen LogP contribution in [0.5, 0.6) is 5.75 Å². The molecule has 0 atom stereocenters. The van der Waals surface area contributed by atoms with Crippen LogP contribution in [0.1, 0.15) is 11.1 Å². The first-order chi connectivity index (χ1) is 9.10. The molecule has 2 rings (SSSR count). The Morgan fingerprint density at radius 3 is 2.47 bits per heavy atom. The van der Waals surface area contributed by atoms with Crippen molar-refractivity contribution < 1.29 is 9.13 Å². The zero-order valence-electron chi connectivity index (χ0n) is 9.80. The van der Waals surface area contributed by atoms with E-state index in [0.717, 1.165) is 5.56 Å². The first-order valence-corrected chi connectivity index (χ1v) is 6.80. The van der Waals surface area contributed by atoms with Crippen molar-refractivity contribution >= 4 is 34.8 Å². The standard InChI is InChI=1S/C14H10Cl3FO/c15-7-9-1-4-14(12(17)5-9)19-8-10-2-3-11(16)6-13(10)18/h1-6H,7-8H2. The molecule has 0 saturated heterocycles. The molecule has 0 aliphatic heterocycles. The monoisotopic (exact) mass is 318 g/mol. The van der Waals surface area contributed by atoms with Crippen LogP contribution in [-0.4, -0.2) is 0 Å². The molecule has 0 N–H and O–H groups in total. The minimum absolute atomic E-state index is 0.0863. The summed E-state index contributed by atoms with van der Waals surface area (Å²) in [5, 5.41) is 0.804. The van der Waals surface area contributed by atoms with Crippen molar-refractivity contribution in [3.05, 3.63) is 63.4 Å². The molecule has 0 saturated carbocycles. The molecular weight excluding hydrogens is 310 g/mol. The summed E-state index contributed by atoms with van der Waals surface area (Å²) in [6.07, 6.45) is 0. The van der Waals surface area contributed by atoms with Crippen LogP contribution < -0.4 is 4.74 Å². The number of ether oxygens (including phenoxy) is 1. The predicted octanol–water partition coefficient (Wildman–Crippen LogP) is 5.45. The average molecular weight is 320 g/mol. The molecule has 0 aliphatic rings. The maximum absolute atomic E-state index is 13.6. The Bertz CT molecular complexity index is 587. The van der Waals surface area contributed by atoms with Gasteiger partial charge in [-0.3, -0.25) is 0 Å². The van der Waals surface area contributed by atoms with Crippen LogP contribution in [0.25, 0.3) is 0 Å². The molecule has 0 amide bonds. The van der Waals surface area contributed by atoms with Gasteiger partial charge < -0.3 is 4.74 Å². The predicted molar refractivity (Wildman–Crippen MR) is 76.8 cm³/mol. The summed E-state index contributed by atoms with van der Waals surface area (Å²) in [4.78, 5) is 0. The fourth-order valence-electron chi connectivity index (χ4n) is 1.54. The highest BCUT2D eigenvalue weighted by Crippen LogP contribution is 2.27. The number of benzene rings is 2. The van der Waals surface area contributed by atoms with Gasteiger partial charge >= 0.3 is 0 Å². The van der Waals surface area contributed by atoms with Crippen molar-refractivity contribution in [1.82, 2.24) is 0 Å². The first-order valence-electron chi connectivity index (χ1n) is 5.51. The maximum Gasteiger partial charge on any atom is 0.138 e. The van der Waals surface area contributed by atoms with Crippen molar-refractivity contribution in [1.29, 1.82) is 0 Å². The number of halogens is 4. The molecule has 0 fully saturated rings. The summed E-state index contributed by atoms with van der Waals surface area (Å²) in [5.74, 6) is 0.470. The summed E-state index contributed by atoms with van der Waals surface area (Å²) < 4.78 is 19.0. The third-order valence-corrected chi connectivity index (χ3v) is 3.39. The Balaban J connectivity index is 2.10. The normalized spacial score (nSPS) is 10.5. The Hall–Kier alpha value is -0.960. The van der Waals surface area contributed by atoms with Crippen LogP contribution in [0.15, 0.2) is 36.4 Å². The Labute approximate surface area is 125 Å². The molecule has 0 bridgehead atoms. The minimum atomic E-state index is -0.402. The van der Waals surface area contributed by atoms with E-state index in [-0.39, 0.29) is 6.61 Å². The summed E-state index contributed by atoms with van der Waals surface area (Å²) in [5.41, 5.74) is 1.32. The summed E-state index contributed by atoms with van der Waals surface area (Å²) in [6.45, 7) is 0.0863. The number of hydrogen-bond donors (Lipinski definition) is 0. The molecule has 19 heavy (non-hydrogen) atoms. The summed E-state index contributed by atoms with van der Waals surface area (Å²) >= 11 is 17.4. The highest BCUT2D eigenvalue weighted by atomic mass is 35.5. The van der Waals surface area contributed by atoms with Gasteiger partial charge in [0.05, 0.1) is 5.02 Å². The SMILES string of the molecule is Fc1cc(Cl)ccc1COc1ccc(CCl)cc1Cl. The molecule has 2 aromatic carbocycles. The lowest BCUT2D eigenvalue weighted by Crippen LogP contribution is -1.99. The second-order valence-electron chi connectivity index (χ2n) is 3.92. The van der Waals surface area contributed by atoms with E-state index in [0.29, 0.717) is 27.2 Å². The third-order valence-electron chi connectivity index (χ3n) is 2.55. The fraction of sp³-hybridized carbons (Fsp3) is 0.143. The van der Waals surface area contributed by atoms with E-state index in [1.807, 2.05) is 6.07 Å². The van der Waals surface area contributed by atoms with E-state index in [2.05, 4.69) is 0 Å². The van der Waals surface area contributed by atoms with Crippen LogP contribution >= 0.6 is 34.8 Å². The third kappa shape index (κ3) is 3.75. The molecule has 0 unspecified atom stereocenters. The molecule has 2 aromatic rings. The van der Waals surface area contributed by atoms with Gasteiger partial charge in [0.15, 0.2) is 0 Å². The van der Waals surface area contributed by atoms with Gasteiger partial charge in [0, 0.05) is 16.5 Å². The molecule has 0 aliphatic carbocycles. The van der Waals surface area contributed by atoms with Gasteiger partial charge in [-0.25, -0.2) is 4.39 Å². The van der Waals surface area contributed by atoms with Gasteiger partial charge in [0.2, 0.25) is 0 Å². The number of hydrogen-bond acceptors (Lipinski definition) is 1. The Morgan fingerprint density at radius 1 is 1.05 bits per heavy atom. The quantitative estimate of drug-likeness (QED) is 0.681. The molecule has 0 heterocycles. The zero-order chi connectivity index (χ0) is 13.8. The van der Waals surface area contributed by atoms with Crippen LogP contribution in [-0.2, 0) is 12.5 Å². The van der Waals surface area contributed by atoms with E-state index in [4.69, 9.17) is 39.5 Å². The molecule has 0 aromatic heterocycles. The lowest BCUT2D eigenvalue weighted by molar-refractivity contribution is 0.300.